The van der Waals surface area contributed by atoms with Crippen LogP contribution in [0.15, 0.2) is 12.1 Å². The number of benzene rings is 1. The SMILES string of the molecule is Cc1cc(F)c(C)c(CS(=O)(=O)Cl)c1. The first-order chi connectivity index (χ1) is 6.29. The highest BCUT2D eigenvalue weighted by atomic mass is 35.7. The molecule has 0 aromatic heterocycles. The maximum atomic E-state index is 13.2. The molecular weight excluding hydrogens is 227 g/mol. The van der Waals surface area contributed by atoms with Gasteiger partial charge in [0.15, 0.2) is 0 Å². The second-order valence-electron chi connectivity index (χ2n) is 3.21. The van der Waals surface area contributed by atoms with E-state index in [1.807, 2.05) is 0 Å². The van der Waals surface area contributed by atoms with E-state index < -0.39 is 14.9 Å². The van der Waals surface area contributed by atoms with E-state index in [0.29, 0.717) is 16.7 Å². The average molecular weight is 237 g/mol. The molecule has 1 rings (SSSR count). The van der Waals surface area contributed by atoms with E-state index in [0.717, 1.165) is 0 Å². The molecule has 1 aromatic carbocycles. The van der Waals surface area contributed by atoms with Gasteiger partial charge in [0.2, 0.25) is 9.05 Å². The van der Waals surface area contributed by atoms with E-state index >= 15 is 0 Å². The van der Waals surface area contributed by atoms with Crippen molar-refractivity contribution in [2.75, 3.05) is 0 Å². The van der Waals surface area contributed by atoms with Gasteiger partial charge in [0, 0.05) is 10.7 Å². The van der Waals surface area contributed by atoms with Crippen molar-refractivity contribution < 1.29 is 12.8 Å². The molecule has 0 saturated heterocycles. The van der Waals surface area contributed by atoms with Crippen LogP contribution in [0.1, 0.15) is 16.7 Å². The van der Waals surface area contributed by atoms with Crippen molar-refractivity contribution in [3.05, 3.63) is 34.6 Å². The summed E-state index contributed by atoms with van der Waals surface area (Å²) in [4.78, 5) is 0. The van der Waals surface area contributed by atoms with E-state index in [2.05, 4.69) is 0 Å². The van der Waals surface area contributed by atoms with Gasteiger partial charge in [-0.25, -0.2) is 12.8 Å². The van der Waals surface area contributed by atoms with Gasteiger partial charge in [-0.15, -0.1) is 0 Å². The van der Waals surface area contributed by atoms with Crippen molar-refractivity contribution in [1.29, 1.82) is 0 Å². The summed E-state index contributed by atoms with van der Waals surface area (Å²) in [6, 6.07) is 2.98. The van der Waals surface area contributed by atoms with Crippen molar-refractivity contribution in [2.45, 2.75) is 19.6 Å². The van der Waals surface area contributed by atoms with Gasteiger partial charge in [0.05, 0.1) is 5.75 Å². The zero-order valence-electron chi connectivity index (χ0n) is 7.84. The lowest BCUT2D eigenvalue weighted by atomic mass is 10.1. The number of hydrogen-bond acceptors (Lipinski definition) is 2. The topological polar surface area (TPSA) is 34.1 Å². The summed E-state index contributed by atoms with van der Waals surface area (Å²) >= 11 is 0. The number of aryl methyl sites for hydroxylation is 1. The Morgan fingerprint density at radius 1 is 1.36 bits per heavy atom. The predicted octanol–water partition coefficient (Wildman–Crippen LogP) is 2.51. The van der Waals surface area contributed by atoms with Crippen molar-refractivity contribution in [3.8, 4) is 0 Å². The summed E-state index contributed by atoms with van der Waals surface area (Å²) in [5, 5.41) is 0. The van der Waals surface area contributed by atoms with Crippen LogP contribution in [-0.4, -0.2) is 8.42 Å². The largest absolute Gasteiger partial charge is 0.236 e. The fourth-order valence-electron chi connectivity index (χ4n) is 1.22. The maximum Gasteiger partial charge on any atom is 0.236 e. The second kappa shape index (κ2) is 3.87. The lowest BCUT2D eigenvalue weighted by Gasteiger charge is -2.06. The lowest BCUT2D eigenvalue weighted by Crippen LogP contribution is -2.00. The summed E-state index contributed by atoms with van der Waals surface area (Å²) in [6.07, 6.45) is 0. The van der Waals surface area contributed by atoms with Crippen molar-refractivity contribution in [3.63, 3.8) is 0 Å². The lowest BCUT2D eigenvalue weighted by molar-refractivity contribution is 0.605. The molecule has 0 fully saturated rings. The minimum Gasteiger partial charge on any atom is -0.212 e. The van der Waals surface area contributed by atoms with Gasteiger partial charge in [0.25, 0.3) is 0 Å². The zero-order valence-corrected chi connectivity index (χ0v) is 9.41. The fraction of sp³-hybridized carbons (Fsp3) is 0.333. The van der Waals surface area contributed by atoms with Crippen LogP contribution in [0.5, 0.6) is 0 Å². The molecule has 0 aliphatic heterocycles. The molecule has 0 aliphatic carbocycles. The first-order valence-electron chi connectivity index (χ1n) is 3.97. The zero-order chi connectivity index (χ0) is 10.9. The van der Waals surface area contributed by atoms with Crippen molar-refractivity contribution in [2.24, 2.45) is 0 Å². The Morgan fingerprint density at radius 3 is 2.43 bits per heavy atom. The highest BCUT2D eigenvalue weighted by Gasteiger charge is 2.12. The average Bonchev–Trinajstić information content (AvgIpc) is 1.96. The Bertz CT molecular complexity index is 454. The molecule has 5 heteroatoms. The molecule has 0 radical (unpaired) electrons. The molecule has 2 nitrogen and oxygen atoms in total. The summed E-state index contributed by atoms with van der Waals surface area (Å²) in [7, 11) is 1.47. The summed E-state index contributed by atoms with van der Waals surface area (Å²) in [5.74, 6) is -0.737. The third-order valence-electron chi connectivity index (χ3n) is 1.92. The quantitative estimate of drug-likeness (QED) is 0.740. The molecule has 0 amide bonds. The van der Waals surface area contributed by atoms with Crippen LogP contribution in [0.3, 0.4) is 0 Å². The predicted molar refractivity (Wildman–Crippen MR) is 54.4 cm³/mol. The van der Waals surface area contributed by atoms with Gasteiger partial charge in [-0.05, 0) is 36.6 Å². The van der Waals surface area contributed by atoms with Crippen LogP contribution >= 0.6 is 10.7 Å². The summed E-state index contributed by atoms with van der Waals surface area (Å²) in [5.41, 5.74) is 1.43. The Labute approximate surface area is 87.1 Å². The fourth-order valence-corrected chi connectivity index (χ4v) is 2.25. The van der Waals surface area contributed by atoms with E-state index in [1.54, 1.807) is 13.0 Å². The van der Waals surface area contributed by atoms with Gasteiger partial charge in [-0.3, -0.25) is 0 Å². The van der Waals surface area contributed by atoms with Crippen LogP contribution in [0, 0.1) is 19.7 Å². The standard InChI is InChI=1S/C9H10ClFO2S/c1-6-3-8(5-14(10,12)13)7(2)9(11)4-6/h3-4H,5H2,1-2H3. The molecule has 1 aromatic rings. The molecular formula is C9H10ClFO2S. The highest BCUT2D eigenvalue weighted by Crippen LogP contribution is 2.19. The van der Waals surface area contributed by atoms with Gasteiger partial charge >= 0.3 is 0 Å². The normalized spacial score (nSPS) is 11.7. The van der Waals surface area contributed by atoms with Gasteiger partial charge in [-0.2, -0.15) is 0 Å². The monoisotopic (exact) mass is 236 g/mol. The highest BCUT2D eigenvalue weighted by molar-refractivity contribution is 8.13. The molecule has 0 N–H and O–H groups in total. The molecule has 0 saturated carbocycles. The smallest absolute Gasteiger partial charge is 0.212 e. The minimum atomic E-state index is -3.63. The van der Waals surface area contributed by atoms with Crippen LogP contribution in [0.25, 0.3) is 0 Å². The van der Waals surface area contributed by atoms with E-state index in [4.69, 9.17) is 10.7 Å². The Hall–Kier alpha value is -0.610. The first kappa shape index (κ1) is 11.5. The third kappa shape index (κ3) is 2.96. The number of rotatable bonds is 2. The van der Waals surface area contributed by atoms with Crippen LogP contribution in [0.4, 0.5) is 4.39 Å². The van der Waals surface area contributed by atoms with E-state index in [1.165, 1.54) is 13.0 Å². The molecule has 0 atom stereocenters. The number of hydrogen-bond donors (Lipinski definition) is 0. The third-order valence-corrected chi connectivity index (χ3v) is 2.91. The molecule has 0 heterocycles. The number of halogens is 2. The summed E-state index contributed by atoms with van der Waals surface area (Å²) in [6.45, 7) is 3.24. The Morgan fingerprint density at radius 2 is 1.93 bits per heavy atom. The van der Waals surface area contributed by atoms with E-state index in [9.17, 15) is 12.8 Å². The molecule has 0 aliphatic rings. The molecule has 14 heavy (non-hydrogen) atoms. The van der Waals surface area contributed by atoms with Gasteiger partial charge < -0.3 is 0 Å². The van der Waals surface area contributed by atoms with Gasteiger partial charge in [-0.1, -0.05) is 6.07 Å². The summed E-state index contributed by atoms with van der Waals surface area (Å²) < 4.78 is 34.8. The van der Waals surface area contributed by atoms with Crippen molar-refractivity contribution in [1.82, 2.24) is 0 Å². The second-order valence-corrected chi connectivity index (χ2v) is 5.99. The van der Waals surface area contributed by atoms with Crippen molar-refractivity contribution >= 4 is 19.7 Å². The van der Waals surface area contributed by atoms with E-state index in [-0.39, 0.29) is 5.75 Å². The minimum absolute atomic E-state index is 0.333. The van der Waals surface area contributed by atoms with Crippen LogP contribution in [-0.2, 0) is 14.8 Å². The molecule has 78 valence electrons. The Kier molecular flexibility index (Phi) is 3.17. The molecule has 0 bridgehead atoms. The molecule has 0 spiro atoms. The van der Waals surface area contributed by atoms with Crippen LogP contribution < -0.4 is 0 Å². The Balaban J connectivity index is 3.22. The van der Waals surface area contributed by atoms with Crippen LogP contribution in [0.2, 0.25) is 0 Å². The van der Waals surface area contributed by atoms with Gasteiger partial charge in [0.1, 0.15) is 5.82 Å². The maximum absolute atomic E-state index is 13.2. The molecule has 0 unspecified atom stereocenters. The first-order valence-corrected chi connectivity index (χ1v) is 6.45.